The van der Waals surface area contributed by atoms with E-state index in [-0.39, 0.29) is 11.2 Å². The highest BCUT2D eigenvalue weighted by atomic mass is 35.5. The molecule has 1 aliphatic heterocycles. The van der Waals surface area contributed by atoms with Crippen molar-refractivity contribution in [1.82, 2.24) is 5.32 Å². The van der Waals surface area contributed by atoms with Gasteiger partial charge in [0.1, 0.15) is 5.78 Å². The summed E-state index contributed by atoms with van der Waals surface area (Å²) in [6, 6.07) is 5.27. The van der Waals surface area contributed by atoms with Gasteiger partial charge >= 0.3 is 5.97 Å². The minimum atomic E-state index is -0.537. The molecule has 0 radical (unpaired) electrons. The van der Waals surface area contributed by atoms with Crippen LogP contribution in [0.3, 0.4) is 0 Å². The van der Waals surface area contributed by atoms with E-state index >= 15 is 0 Å². The molecule has 26 heavy (non-hydrogen) atoms. The van der Waals surface area contributed by atoms with Gasteiger partial charge in [-0.3, -0.25) is 4.79 Å². The van der Waals surface area contributed by atoms with Gasteiger partial charge in [0, 0.05) is 23.7 Å². The average Bonchev–Trinajstić information content (AvgIpc) is 2.54. The molecule has 1 aromatic rings. The van der Waals surface area contributed by atoms with Gasteiger partial charge in [-0.2, -0.15) is 0 Å². The summed E-state index contributed by atoms with van der Waals surface area (Å²) in [5, 5.41) is 3.99. The molecule has 4 nitrogen and oxygen atoms in total. The van der Waals surface area contributed by atoms with Gasteiger partial charge in [-0.1, -0.05) is 55.3 Å². The molecular formula is C20H21Cl2NO3. The van der Waals surface area contributed by atoms with Gasteiger partial charge < -0.3 is 10.1 Å². The van der Waals surface area contributed by atoms with Crippen LogP contribution in [0.1, 0.15) is 38.7 Å². The second-order valence-corrected chi connectivity index (χ2v) is 8.27. The SMILES string of the molecule is COC(=O)C1=C(C)NC2=CC(C)(C)CC(=O)C2C1c1cccc(Cl)c1Cl. The zero-order valence-electron chi connectivity index (χ0n) is 15.2. The fourth-order valence-electron chi connectivity index (χ4n) is 3.94. The number of fused-ring (bicyclic) bond motifs is 1. The minimum absolute atomic E-state index is 0.0648. The van der Waals surface area contributed by atoms with Crippen LogP contribution >= 0.6 is 23.2 Å². The van der Waals surface area contributed by atoms with Crippen LogP contribution in [0.25, 0.3) is 0 Å². The summed E-state index contributed by atoms with van der Waals surface area (Å²) in [6.07, 6.45) is 2.47. The Morgan fingerprint density at radius 3 is 2.62 bits per heavy atom. The van der Waals surface area contributed by atoms with Gasteiger partial charge in [0.25, 0.3) is 0 Å². The predicted molar refractivity (Wildman–Crippen MR) is 102 cm³/mol. The summed E-state index contributed by atoms with van der Waals surface area (Å²) in [5.41, 5.74) is 2.28. The van der Waals surface area contributed by atoms with Crippen molar-refractivity contribution in [2.45, 2.75) is 33.1 Å². The molecule has 0 bridgehead atoms. The molecule has 2 aliphatic rings. The molecular weight excluding hydrogens is 373 g/mol. The Labute approximate surface area is 163 Å². The highest BCUT2D eigenvalue weighted by Crippen LogP contribution is 2.49. The molecule has 0 aromatic heterocycles. The first kappa shape index (κ1) is 19.0. The molecule has 2 unspecified atom stereocenters. The lowest BCUT2D eigenvalue weighted by Crippen LogP contribution is -2.43. The third-order valence-corrected chi connectivity index (χ3v) is 5.79. The first-order valence-electron chi connectivity index (χ1n) is 8.42. The topological polar surface area (TPSA) is 55.4 Å². The van der Waals surface area contributed by atoms with Crippen LogP contribution in [-0.4, -0.2) is 18.9 Å². The van der Waals surface area contributed by atoms with Crippen LogP contribution in [0.5, 0.6) is 0 Å². The zero-order valence-corrected chi connectivity index (χ0v) is 16.7. The van der Waals surface area contributed by atoms with Crippen LogP contribution < -0.4 is 5.32 Å². The molecule has 1 aliphatic carbocycles. The molecule has 0 amide bonds. The fourth-order valence-corrected chi connectivity index (χ4v) is 4.37. The van der Waals surface area contributed by atoms with Crippen molar-refractivity contribution in [3.63, 3.8) is 0 Å². The third kappa shape index (κ3) is 3.17. The second kappa shape index (κ2) is 6.75. The Balaban J connectivity index is 2.27. The lowest BCUT2D eigenvalue weighted by Gasteiger charge is -2.41. The first-order chi connectivity index (χ1) is 12.2. The number of allylic oxidation sites excluding steroid dienone is 3. The lowest BCUT2D eigenvalue weighted by atomic mass is 9.66. The van der Waals surface area contributed by atoms with Crippen molar-refractivity contribution in [2.24, 2.45) is 11.3 Å². The number of methoxy groups -OCH3 is 1. The Bertz CT molecular complexity index is 855. The van der Waals surface area contributed by atoms with Crippen LogP contribution in [0.15, 0.2) is 41.2 Å². The molecule has 0 saturated carbocycles. The number of halogens is 2. The third-order valence-electron chi connectivity index (χ3n) is 4.96. The van der Waals surface area contributed by atoms with Crippen LogP contribution in [0.2, 0.25) is 10.0 Å². The number of ketones is 1. The molecule has 1 heterocycles. The Hall–Kier alpha value is -1.78. The molecule has 0 saturated heterocycles. The normalized spacial score (nSPS) is 24.5. The van der Waals surface area contributed by atoms with E-state index in [0.717, 1.165) is 5.70 Å². The van der Waals surface area contributed by atoms with Gasteiger partial charge in [0.05, 0.1) is 28.6 Å². The van der Waals surface area contributed by atoms with Crippen molar-refractivity contribution in [2.75, 3.05) is 7.11 Å². The number of hydrogen-bond donors (Lipinski definition) is 1. The number of carbonyl (C=O) groups is 2. The average molecular weight is 394 g/mol. The zero-order chi connectivity index (χ0) is 19.2. The van der Waals surface area contributed by atoms with Gasteiger partial charge in [-0.15, -0.1) is 0 Å². The monoisotopic (exact) mass is 393 g/mol. The van der Waals surface area contributed by atoms with Crippen molar-refractivity contribution in [3.8, 4) is 0 Å². The first-order valence-corrected chi connectivity index (χ1v) is 9.17. The Morgan fingerprint density at radius 2 is 1.96 bits per heavy atom. The predicted octanol–water partition coefficient (Wildman–Crippen LogP) is 4.63. The molecule has 0 fully saturated rings. The number of carbonyl (C=O) groups excluding carboxylic acids is 2. The lowest BCUT2D eigenvalue weighted by molar-refractivity contribution is -0.136. The molecule has 1 N–H and O–H groups in total. The van der Waals surface area contributed by atoms with Crippen molar-refractivity contribution < 1.29 is 14.3 Å². The number of hydrogen-bond acceptors (Lipinski definition) is 4. The molecule has 6 heteroatoms. The summed E-state index contributed by atoms with van der Waals surface area (Å²) in [4.78, 5) is 25.6. The number of esters is 1. The van der Waals surface area contributed by atoms with Gasteiger partial charge in [-0.05, 0) is 24.0 Å². The van der Waals surface area contributed by atoms with Crippen LogP contribution in [0, 0.1) is 11.3 Å². The second-order valence-electron chi connectivity index (χ2n) is 7.48. The van der Waals surface area contributed by atoms with Crippen LogP contribution in [-0.2, 0) is 14.3 Å². The van der Waals surface area contributed by atoms with Gasteiger partial charge in [-0.25, -0.2) is 4.79 Å². The van der Waals surface area contributed by atoms with E-state index < -0.39 is 17.8 Å². The molecule has 138 valence electrons. The molecule has 2 atom stereocenters. The van der Waals surface area contributed by atoms with E-state index in [4.69, 9.17) is 27.9 Å². The molecule has 1 aromatic carbocycles. The highest BCUT2D eigenvalue weighted by Gasteiger charge is 2.46. The van der Waals surface area contributed by atoms with E-state index in [1.165, 1.54) is 7.11 Å². The number of benzene rings is 1. The van der Waals surface area contributed by atoms with E-state index in [0.29, 0.717) is 33.3 Å². The summed E-state index contributed by atoms with van der Waals surface area (Å²) in [7, 11) is 1.33. The standard InChI is InChI=1S/C20H21Cl2NO3/c1-10-15(19(25)26-4)16(11-6-5-7-12(21)18(11)22)17-13(23-10)8-20(2,3)9-14(17)24/h5-8,16-17,23H,9H2,1-4H3. The number of Topliss-reactive ketones (excluding diaryl/α,β-unsaturated/α-hetero) is 1. The quantitative estimate of drug-likeness (QED) is 0.744. The summed E-state index contributed by atoms with van der Waals surface area (Å²) in [6.45, 7) is 5.85. The highest BCUT2D eigenvalue weighted by molar-refractivity contribution is 6.42. The largest absolute Gasteiger partial charge is 0.466 e. The molecule has 0 spiro atoms. The summed E-state index contributed by atoms with van der Waals surface area (Å²) in [5.74, 6) is -1.47. The Kier molecular flexibility index (Phi) is 4.93. The number of rotatable bonds is 2. The van der Waals surface area contributed by atoms with Crippen LogP contribution in [0.4, 0.5) is 0 Å². The van der Waals surface area contributed by atoms with Gasteiger partial charge in [0.2, 0.25) is 0 Å². The number of nitrogens with one attached hydrogen (secondary N) is 1. The minimum Gasteiger partial charge on any atom is -0.466 e. The smallest absolute Gasteiger partial charge is 0.336 e. The Morgan fingerprint density at radius 1 is 1.27 bits per heavy atom. The van der Waals surface area contributed by atoms with E-state index in [1.54, 1.807) is 19.1 Å². The maximum absolute atomic E-state index is 13.1. The van der Waals surface area contributed by atoms with E-state index in [2.05, 4.69) is 11.4 Å². The van der Waals surface area contributed by atoms with E-state index in [9.17, 15) is 9.59 Å². The fraction of sp³-hybridized carbons (Fsp3) is 0.400. The maximum atomic E-state index is 13.1. The van der Waals surface area contributed by atoms with Gasteiger partial charge in [0.15, 0.2) is 0 Å². The van der Waals surface area contributed by atoms with Crippen molar-refractivity contribution >= 4 is 35.0 Å². The molecule has 3 rings (SSSR count). The summed E-state index contributed by atoms with van der Waals surface area (Å²) < 4.78 is 4.99. The van der Waals surface area contributed by atoms with Crippen molar-refractivity contribution in [3.05, 3.63) is 56.9 Å². The van der Waals surface area contributed by atoms with E-state index in [1.807, 2.05) is 19.9 Å². The summed E-state index contributed by atoms with van der Waals surface area (Å²) >= 11 is 12.7. The van der Waals surface area contributed by atoms with Crippen molar-refractivity contribution in [1.29, 1.82) is 0 Å². The number of ether oxygens (including phenoxy) is 1. The maximum Gasteiger partial charge on any atom is 0.336 e.